The molecule has 0 aliphatic heterocycles. The molecule has 0 saturated carbocycles. The molecule has 0 aliphatic carbocycles. The first kappa shape index (κ1) is 19.1. The molecule has 0 aliphatic rings. The Balaban J connectivity index is 3.30. The van der Waals surface area contributed by atoms with Crippen molar-refractivity contribution in [2.45, 2.75) is 84.5 Å². The molecule has 0 aromatic heterocycles. The van der Waals surface area contributed by atoms with Crippen LogP contribution in [0.2, 0.25) is 0 Å². The molecule has 1 unspecified atom stereocenters. The van der Waals surface area contributed by atoms with Crippen LogP contribution in [0.15, 0.2) is 0 Å². The molecule has 1 N–H and O–H groups in total. The van der Waals surface area contributed by atoms with Crippen LogP contribution >= 0.6 is 7.60 Å². The van der Waals surface area contributed by atoms with Crippen molar-refractivity contribution < 1.29 is 14.0 Å². The highest BCUT2D eigenvalue weighted by Gasteiger charge is 2.17. The van der Waals surface area contributed by atoms with Crippen LogP contribution in [0.25, 0.3) is 0 Å². The summed E-state index contributed by atoms with van der Waals surface area (Å²) in [6.07, 6.45) is 13.1. The molecule has 0 bridgehead atoms. The first-order valence-electron chi connectivity index (χ1n) is 8.08. The van der Waals surface area contributed by atoms with Crippen LogP contribution in [0.5, 0.6) is 0 Å². The van der Waals surface area contributed by atoms with E-state index < -0.39 is 7.60 Å². The molecule has 0 heterocycles. The van der Waals surface area contributed by atoms with Crippen LogP contribution in [-0.2, 0) is 9.09 Å². The van der Waals surface area contributed by atoms with Crippen molar-refractivity contribution in [1.82, 2.24) is 0 Å². The second kappa shape index (κ2) is 13.1. The van der Waals surface area contributed by atoms with Crippen molar-refractivity contribution in [2.24, 2.45) is 0 Å². The minimum absolute atomic E-state index is 0.326. The van der Waals surface area contributed by atoms with E-state index >= 15 is 0 Å². The van der Waals surface area contributed by atoms with E-state index in [9.17, 15) is 9.46 Å². The molecule has 0 radical (unpaired) electrons. The van der Waals surface area contributed by atoms with Gasteiger partial charge in [0, 0.05) is 6.16 Å². The maximum Gasteiger partial charge on any atom is 0.328 e. The zero-order chi connectivity index (χ0) is 14.4. The van der Waals surface area contributed by atoms with Crippen LogP contribution in [0.4, 0.5) is 0 Å². The molecule has 0 saturated heterocycles. The first-order chi connectivity index (χ1) is 9.12. The van der Waals surface area contributed by atoms with E-state index in [-0.39, 0.29) is 0 Å². The second-order valence-electron chi connectivity index (χ2n) is 5.38. The highest BCUT2D eigenvalue weighted by molar-refractivity contribution is 7.52. The maximum atomic E-state index is 11.6. The zero-order valence-corrected chi connectivity index (χ0v) is 13.8. The molecule has 0 fully saturated rings. The molecular formula is C15H33O3P. The van der Waals surface area contributed by atoms with Crippen molar-refractivity contribution >= 4 is 7.60 Å². The van der Waals surface area contributed by atoms with Gasteiger partial charge in [-0.3, -0.25) is 4.57 Å². The Kier molecular flexibility index (Phi) is 13.3. The Morgan fingerprint density at radius 3 is 1.79 bits per heavy atom. The van der Waals surface area contributed by atoms with Crippen molar-refractivity contribution in [2.75, 3.05) is 12.8 Å². The van der Waals surface area contributed by atoms with E-state index in [0.29, 0.717) is 12.8 Å². The van der Waals surface area contributed by atoms with E-state index in [0.717, 1.165) is 25.7 Å². The highest BCUT2D eigenvalue weighted by Crippen LogP contribution is 2.42. The molecule has 3 nitrogen and oxygen atoms in total. The Hall–Kier alpha value is 0.150. The Bertz CT molecular complexity index is 231. The van der Waals surface area contributed by atoms with Gasteiger partial charge in [-0.25, -0.2) is 0 Å². The first-order valence-corrected chi connectivity index (χ1v) is 9.85. The third-order valence-corrected chi connectivity index (χ3v) is 4.80. The standard InChI is InChI=1S/C15H33O3P/c1-3-5-7-8-9-10-11-12-13-15-19(16,17)18-14-6-4-2/h3-15H2,1-2H3,(H,16,17). The third-order valence-electron chi connectivity index (χ3n) is 3.34. The normalized spacial score (nSPS) is 14.5. The molecule has 0 spiro atoms. The smallest absolute Gasteiger partial charge is 0.324 e. The lowest BCUT2D eigenvalue weighted by Gasteiger charge is -2.11. The Morgan fingerprint density at radius 1 is 0.789 bits per heavy atom. The molecule has 0 rings (SSSR count). The topological polar surface area (TPSA) is 46.5 Å². The van der Waals surface area contributed by atoms with Gasteiger partial charge in [-0.15, -0.1) is 0 Å². The van der Waals surface area contributed by atoms with Gasteiger partial charge in [0.2, 0.25) is 0 Å². The van der Waals surface area contributed by atoms with E-state index in [1.165, 1.54) is 44.9 Å². The third kappa shape index (κ3) is 14.4. The lowest BCUT2D eigenvalue weighted by molar-refractivity contribution is 0.254. The van der Waals surface area contributed by atoms with Gasteiger partial charge in [0.15, 0.2) is 0 Å². The second-order valence-corrected chi connectivity index (χ2v) is 7.36. The fourth-order valence-electron chi connectivity index (χ4n) is 2.04. The minimum Gasteiger partial charge on any atom is -0.324 e. The summed E-state index contributed by atoms with van der Waals surface area (Å²) >= 11 is 0. The summed E-state index contributed by atoms with van der Waals surface area (Å²) in [4.78, 5) is 9.57. The quantitative estimate of drug-likeness (QED) is 0.339. The number of unbranched alkanes of at least 4 members (excludes halogenated alkanes) is 9. The molecule has 116 valence electrons. The predicted octanol–water partition coefficient (Wildman–Crippen LogP) is 5.52. The van der Waals surface area contributed by atoms with Gasteiger partial charge in [0.05, 0.1) is 6.61 Å². The summed E-state index contributed by atoms with van der Waals surface area (Å²) in [5.74, 6) is 0. The molecule has 4 heteroatoms. The highest BCUT2D eigenvalue weighted by atomic mass is 31.2. The monoisotopic (exact) mass is 292 g/mol. The van der Waals surface area contributed by atoms with Gasteiger partial charge in [-0.05, 0) is 12.8 Å². The van der Waals surface area contributed by atoms with Gasteiger partial charge < -0.3 is 9.42 Å². The average molecular weight is 292 g/mol. The summed E-state index contributed by atoms with van der Waals surface area (Å²) in [5, 5.41) is 0. The summed E-state index contributed by atoms with van der Waals surface area (Å²) < 4.78 is 16.7. The lowest BCUT2D eigenvalue weighted by atomic mass is 10.1. The molecule has 1 atom stereocenters. The van der Waals surface area contributed by atoms with Gasteiger partial charge in [0.25, 0.3) is 0 Å². The summed E-state index contributed by atoms with van der Waals surface area (Å²) in [5.41, 5.74) is 0. The molecule has 0 amide bonds. The van der Waals surface area contributed by atoms with Gasteiger partial charge in [0.1, 0.15) is 0 Å². The lowest BCUT2D eigenvalue weighted by Crippen LogP contribution is -1.97. The molecule has 19 heavy (non-hydrogen) atoms. The van der Waals surface area contributed by atoms with Gasteiger partial charge in [-0.2, -0.15) is 0 Å². The summed E-state index contributed by atoms with van der Waals surface area (Å²) in [6.45, 7) is 4.70. The predicted molar refractivity (Wildman–Crippen MR) is 82.8 cm³/mol. The fraction of sp³-hybridized carbons (Fsp3) is 1.00. The fourth-order valence-corrected chi connectivity index (χ4v) is 3.21. The SMILES string of the molecule is CCCCCCCCCCCP(=O)(O)OCCCC. The zero-order valence-electron chi connectivity index (χ0n) is 12.9. The van der Waals surface area contributed by atoms with Crippen molar-refractivity contribution in [3.05, 3.63) is 0 Å². The van der Waals surface area contributed by atoms with Crippen LogP contribution in [0.1, 0.15) is 84.5 Å². The number of hydrogen-bond donors (Lipinski definition) is 1. The molecular weight excluding hydrogens is 259 g/mol. The largest absolute Gasteiger partial charge is 0.328 e. The van der Waals surface area contributed by atoms with Crippen LogP contribution < -0.4 is 0 Å². The van der Waals surface area contributed by atoms with E-state index in [1.807, 2.05) is 6.92 Å². The van der Waals surface area contributed by atoms with Crippen molar-refractivity contribution in [1.29, 1.82) is 0 Å². The van der Waals surface area contributed by atoms with Crippen LogP contribution in [0.3, 0.4) is 0 Å². The Labute approximate surface area is 119 Å². The van der Waals surface area contributed by atoms with Crippen LogP contribution in [0, 0.1) is 0 Å². The molecule has 0 aromatic carbocycles. The molecule has 0 aromatic rings. The average Bonchev–Trinajstić information content (AvgIpc) is 2.37. The van der Waals surface area contributed by atoms with Crippen molar-refractivity contribution in [3.8, 4) is 0 Å². The van der Waals surface area contributed by atoms with E-state index in [2.05, 4.69) is 6.92 Å². The van der Waals surface area contributed by atoms with E-state index in [1.54, 1.807) is 0 Å². The van der Waals surface area contributed by atoms with E-state index in [4.69, 9.17) is 4.52 Å². The summed E-state index contributed by atoms with van der Waals surface area (Å²) in [7, 11) is -3.29. The van der Waals surface area contributed by atoms with Gasteiger partial charge in [-0.1, -0.05) is 71.6 Å². The van der Waals surface area contributed by atoms with Crippen LogP contribution in [-0.4, -0.2) is 17.7 Å². The maximum absolute atomic E-state index is 11.6. The number of rotatable bonds is 14. The Morgan fingerprint density at radius 2 is 1.26 bits per heavy atom. The summed E-state index contributed by atoms with van der Waals surface area (Å²) in [6, 6.07) is 0. The number of hydrogen-bond acceptors (Lipinski definition) is 2. The van der Waals surface area contributed by atoms with Gasteiger partial charge >= 0.3 is 7.60 Å². The van der Waals surface area contributed by atoms with Crippen molar-refractivity contribution in [3.63, 3.8) is 0 Å². The minimum atomic E-state index is -3.29.